The molecule has 0 N–H and O–H groups in total. The minimum atomic E-state index is -0.666. The molecule has 1 fully saturated rings. The Morgan fingerprint density at radius 1 is 1.14 bits per heavy atom. The third kappa shape index (κ3) is 3.53. The van der Waals surface area contributed by atoms with Gasteiger partial charge in [0.2, 0.25) is 0 Å². The molecule has 1 aliphatic heterocycles. The van der Waals surface area contributed by atoms with Crippen molar-refractivity contribution in [3.05, 3.63) is 35.9 Å². The van der Waals surface area contributed by atoms with E-state index < -0.39 is 11.2 Å². The predicted octanol–water partition coefficient (Wildman–Crippen LogP) is 3.28. The summed E-state index contributed by atoms with van der Waals surface area (Å²) in [5.74, 6) is 0.148. The quantitative estimate of drug-likeness (QED) is 0.833. The Morgan fingerprint density at radius 3 is 2.24 bits per heavy atom. The van der Waals surface area contributed by atoms with Gasteiger partial charge in [-0.25, -0.2) is 0 Å². The number of carbonyl (C=O) groups excluding carboxylic acids is 1. The molecule has 3 nitrogen and oxygen atoms in total. The highest BCUT2D eigenvalue weighted by Crippen LogP contribution is 2.39. The fraction of sp³-hybridized carbons (Fsp3) is 0.611. The lowest BCUT2D eigenvalue weighted by molar-refractivity contribution is -0.132. The topological polar surface area (TPSA) is 29.5 Å². The molecule has 0 spiro atoms. The third-order valence-electron chi connectivity index (χ3n) is 4.40. The molecule has 0 aromatic heterocycles. The van der Waals surface area contributed by atoms with Crippen molar-refractivity contribution < 1.29 is 9.53 Å². The van der Waals surface area contributed by atoms with E-state index in [1.807, 2.05) is 33.8 Å². The van der Waals surface area contributed by atoms with E-state index in [1.165, 1.54) is 5.56 Å². The largest absolute Gasteiger partial charge is 0.361 e. The standard InChI is InChI=1S/C18H27NO2/c1-6-19(12-14-10-8-7-9-11-14)13-15-16(20)18(4,5)21-17(15,2)3/h7-11,15H,6,12-13H2,1-5H3. The second-order valence-electron chi connectivity index (χ2n) is 6.95. The van der Waals surface area contributed by atoms with E-state index in [2.05, 4.69) is 36.1 Å². The van der Waals surface area contributed by atoms with Crippen LogP contribution in [0.5, 0.6) is 0 Å². The zero-order chi connectivity index (χ0) is 15.7. The molecule has 1 atom stereocenters. The van der Waals surface area contributed by atoms with Crippen LogP contribution in [0.2, 0.25) is 0 Å². The van der Waals surface area contributed by atoms with E-state index >= 15 is 0 Å². The van der Waals surface area contributed by atoms with Gasteiger partial charge in [0.15, 0.2) is 5.78 Å². The molecular weight excluding hydrogens is 262 g/mol. The van der Waals surface area contributed by atoms with Crippen LogP contribution in [0.25, 0.3) is 0 Å². The van der Waals surface area contributed by atoms with Crippen molar-refractivity contribution in [1.82, 2.24) is 4.90 Å². The Hall–Kier alpha value is -1.19. The number of rotatable bonds is 5. The van der Waals surface area contributed by atoms with Gasteiger partial charge >= 0.3 is 0 Å². The van der Waals surface area contributed by atoms with Gasteiger partial charge in [-0.05, 0) is 39.8 Å². The molecule has 1 aromatic carbocycles. The van der Waals surface area contributed by atoms with Crippen molar-refractivity contribution in [1.29, 1.82) is 0 Å². The lowest BCUT2D eigenvalue weighted by Crippen LogP contribution is -2.40. The molecule has 3 heteroatoms. The lowest BCUT2D eigenvalue weighted by Gasteiger charge is -2.30. The molecule has 1 aromatic rings. The molecular formula is C18H27NO2. The maximum atomic E-state index is 12.6. The SMILES string of the molecule is CCN(Cc1ccccc1)CC1C(=O)C(C)(C)OC1(C)C. The van der Waals surface area contributed by atoms with Crippen molar-refractivity contribution in [3.63, 3.8) is 0 Å². The number of carbonyl (C=O) groups is 1. The zero-order valence-electron chi connectivity index (χ0n) is 13.8. The van der Waals surface area contributed by atoms with Gasteiger partial charge in [0.1, 0.15) is 5.60 Å². The molecule has 1 saturated heterocycles. The van der Waals surface area contributed by atoms with Crippen LogP contribution < -0.4 is 0 Å². The number of Topliss-reactive ketones (excluding diaryl/α,β-unsaturated/α-hetero) is 1. The van der Waals surface area contributed by atoms with Gasteiger partial charge in [-0.3, -0.25) is 9.69 Å². The molecule has 2 rings (SSSR count). The Kier molecular flexibility index (Phi) is 4.54. The zero-order valence-corrected chi connectivity index (χ0v) is 13.8. The van der Waals surface area contributed by atoms with Crippen molar-refractivity contribution in [2.24, 2.45) is 5.92 Å². The van der Waals surface area contributed by atoms with E-state index in [0.29, 0.717) is 0 Å². The monoisotopic (exact) mass is 289 g/mol. The summed E-state index contributed by atoms with van der Waals surface area (Å²) in [6.45, 7) is 12.5. The number of nitrogens with zero attached hydrogens (tertiary/aromatic N) is 1. The van der Waals surface area contributed by atoms with Crippen LogP contribution in [-0.2, 0) is 16.1 Å². The van der Waals surface area contributed by atoms with Gasteiger partial charge in [0.25, 0.3) is 0 Å². The fourth-order valence-corrected chi connectivity index (χ4v) is 3.22. The van der Waals surface area contributed by atoms with Crippen LogP contribution in [-0.4, -0.2) is 35.0 Å². The van der Waals surface area contributed by atoms with E-state index in [0.717, 1.165) is 19.6 Å². The molecule has 0 radical (unpaired) electrons. The normalized spacial score (nSPS) is 23.7. The average Bonchev–Trinajstić information content (AvgIpc) is 2.57. The molecule has 116 valence electrons. The summed E-state index contributed by atoms with van der Waals surface area (Å²) in [6.07, 6.45) is 0. The number of hydrogen-bond acceptors (Lipinski definition) is 3. The highest BCUT2D eigenvalue weighted by molar-refractivity contribution is 5.91. The molecule has 1 heterocycles. The summed E-state index contributed by atoms with van der Waals surface area (Å²) in [6, 6.07) is 10.4. The fourth-order valence-electron chi connectivity index (χ4n) is 3.22. The van der Waals surface area contributed by atoms with Gasteiger partial charge < -0.3 is 4.74 Å². The first-order valence-electron chi connectivity index (χ1n) is 7.77. The summed E-state index contributed by atoms with van der Waals surface area (Å²) in [5, 5.41) is 0. The van der Waals surface area contributed by atoms with Gasteiger partial charge in [0, 0.05) is 13.1 Å². The van der Waals surface area contributed by atoms with E-state index in [4.69, 9.17) is 4.74 Å². The van der Waals surface area contributed by atoms with Crippen LogP contribution in [0.1, 0.15) is 40.2 Å². The summed E-state index contributed by atoms with van der Waals surface area (Å²) < 4.78 is 5.98. The number of hydrogen-bond donors (Lipinski definition) is 0. The maximum Gasteiger partial charge on any atom is 0.171 e. The summed E-state index contributed by atoms with van der Waals surface area (Å²) in [5.41, 5.74) is 0.216. The molecule has 0 aliphatic carbocycles. The molecule has 0 amide bonds. The van der Waals surface area contributed by atoms with Crippen molar-refractivity contribution >= 4 is 5.78 Å². The van der Waals surface area contributed by atoms with Crippen molar-refractivity contribution in [2.45, 2.75) is 52.4 Å². The Morgan fingerprint density at radius 2 is 1.76 bits per heavy atom. The van der Waals surface area contributed by atoms with Crippen LogP contribution >= 0.6 is 0 Å². The summed E-state index contributed by atoms with van der Waals surface area (Å²) >= 11 is 0. The Balaban J connectivity index is 2.09. The number of ketones is 1. The first-order valence-corrected chi connectivity index (χ1v) is 7.77. The van der Waals surface area contributed by atoms with E-state index in [9.17, 15) is 4.79 Å². The van der Waals surface area contributed by atoms with Crippen molar-refractivity contribution in [3.8, 4) is 0 Å². The maximum absolute atomic E-state index is 12.6. The second-order valence-corrected chi connectivity index (χ2v) is 6.95. The van der Waals surface area contributed by atoms with Crippen LogP contribution in [0.3, 0.4) is 0 Å². The highest BCUT2D eigenvalue weighted by Gasteiger charge is 2.53. The summed E-state index contributed by atoms with van der Waals surface area (Å²) in [4.78, 5) is 14.9. The first-order chi connectivity index (χ1) is 9.76. The lowest BCUT2D eigenvalue weighted by atomic mass is 9.85. The van der Waals surface area contributed by atoms with Crippen LogP contribution in [0.15, 0.2) is 30.3 Å². The van der Waals surface area contributed by atoms with E-state index in [1.54, 1.807) is 0 Å². The Bertz CT molecular complexity index is 493. The minimum Gasteiger partial charge on any atom is -0.361 e. The molecule has 0 saturated carbocycles. The van der Waals surface area contributed by atoms with Gasteiger partial charge in [-0.1, -0.05) is 37.3 Å². The first kappa shape index (κ1) is 16.2. The molecule has 1 aliphatic rings. The van der Waals surface area contributed by atoms with Crippen LogP contribution in [0, 0.1) is 5.92 Å². The van der Waals surface area contributed by atoms with Crippen LogP contribution in [0.4, 0.5) is 0 Å². The third-order valence-corrected chi connectivity index (χ3v) is 4.40. The highest BCUT2D eigenvalue weighted by atomic mass is 16.5. The molecule has 1 unspecified atom stereocenters. The second kappa shape index (κ2) is 5.90. The number of benzene rings is 1. The van der Waals surface area contributed by atoms with Gasteiger partial charge in [0.05, 0.1) is 11.5 Å². The van der Waals surface area contributed by atoms with E-state index in [-0.39, 0.29) is 11.7 Å². The Labute approximate surface area is 128 Å². The predicted molar refractivity (Wildman–Crippen MR) is 85.1 cm³/mol. The van der Waals surface area contributed by atoms with Crippen molar-refractivity contribution in [2.75, 3.05) is 13.1 Å². The van der Waals surface area contributed by atoms with Gasteiger partial charge in [-0.15, -0.1) is 0 Å². The summed E-state index contributed by atoms with van der Waals surface area (Å²) in [7, 11) is 0. The average molecular weight is 289 g/mol. The minimum absolute atomic E-state index is 0.0730. The molecule has 21 heavy (non-hydrogen) atoms. The molecule has 0 bridgehead atoms. The number of ether oxygens (including phenoxy) is 1. The smallest absolute Gasteiger partial charge is 0.171 e. The van der Waals surface area contributed by atoms with Gasteiger partial charge in [-0.2, -0.15) is 0 Å².